The normalized spacial score (nSPS) is 13.1. The molecule has 2 aromatic rings. The summed E-state index contributed by atoms with van der Waals surface area (Å²) in [7, 11) is 0. The van der Waals surface area contributed by atoms with Crippen molar-refractivity contribution in [2.45, 2.75) is 31.6 Å². The highest BCUT2D eigenvalue weighted by Crippen LogP contribution is 2.55. The van der Waals surface area contributed by atoms with E-state index in [-0.39, 0.29) is 22.5 Å². The van der Waals surface area contributed by atoms with E-state index < -0.39 is 28.9 Å². The van der Waals surface area contributed by atoms with Crippen LogP contribution >= 0.6 is 0 Å². The van der Waals surface area contributed by atoms with E-state index in [0.717, 1.165) is 36.4 Å². The average molecular weight is 362 g/mol. The first kappa shape index (κ1) is 19.0. The largest absolute Gasteiger partial charge is 0.457 e. The molecule has 0 aliphatic rings. The van der Waals surface area contributed by atoms with Crippen LogP contribution in [-0.4, -0.2) is 12.1 Å². The van der Waals surface area contributed by atoms with Crippen LogP contribution in [0.15, 0.2) is 36.4 Å². The number of aryl methyl sites for hydroxylation is 2. The van der Waals surface area contributed by atoms with Gasteiger partial charge in [-0.25, -0.2) is 4.39 Å². The minimum atomic E-state index is -6.11. The van der Waals surface area contributed by atoms with E-state index in [1.807, 2.05) is 0 Å². The number of hydrogen-bond acceptors (Lipinski definition) is 2. The number of benzene rings is 2. The van der Waals surface area contributed by atoms with Crippen LogP contribution in [0.4, 0.5) is 37.7 Å². The van der Waals surface area contributed by atoms with Crippen molar-refractivity contribution in [2.75, 3.05) is 11.5 Å². The molecule has 0 fully saturated rings. The zero-order valence-electron chi connectivity index (χ0n) is 13.4. The van der Waals surface area contributed by atoms with Gasteiger partial charge in [-0.3, -0.25) is 0 Å². The molecule has 0 aromatic heterocycles. The van der Waals surface area contributed by atoms with Gasteiger partial charge in [0.05, 0.1) is 0 Å². The molecule has 0 saturated heterocycles. The third-order valence-corrected chi connectivity index (χ3v) is 4.03. The number of nitrogens with two attached hydrogens (primary N) is 2. The van der Waals surface area contributed by atoms with Gasteiger partial charge in [0.1, 0.15) is 0 Å². The van der Waals surface area contributed by atoms with Gasteiger partial charge in [0, 0.05) is 22.5 Å². The minimum Gasteiger partial charge on any atom is -0.399 e. The van der Waals surface area contributed by atoms with E-state index >= 15 is 4.39 Å². The van der Waals surface area contributed by atoms with Crippen molar-refractivity contribution in [3.05, 3.63) is 58.7 Å². The molecule has 0 radical (unpaired) electrons. The first-order chi connectivity index (χ1) is 11.3. The Morgan fingerprint density at radius 1 is 0.680 bits per heavy atom. The van der Waals surface area contributed by atoms with E-state index in [1.54, 1.807) is 0 Å². The van der Waals surface area contributed by atoms with Crippen LogP contribution in [0.5, 0.6) is 0 Å². The number of hydrogen-bond donors (Lipinski definition) is 2. The fraction of sp³-hybridized carbons (Fsp3) is 0.294. The highest BCUT2D eigenvalue weighted by Gasteiger charge is 2.73. The van der Waals surface area contributed by atoms with Crippen molar-refractivity contribution < 1.29 is 26.3 Å². The molecular formula is C17H16F6N2. The summed E-state index contributed by atoms with van der Waals surface area (Å²) in [6, 6.07) is 6.14. The topological polar surface area (TPSA) is 52.0 Å². The molecule has 0 aliphatic heterocycles. The molecule has 0 amide bonds. The zero-order valence-corrected chi connectivity index (χ0v) is 13.4. The summed E-state index contributed by atoms with van der Waals surface area (Å²) in [5, 5.41) is 0. The highest BCUT2D eigenvalue weighted by molar-refractivity contribution is 5.54. The number of anilines is 2. The SMILES string of the molecule is Cc1cc(N)ccc1C(F)(c1ccc(N)cc1C)C(F)(F)C(F)(F)F. The van der Waals surface area contributed by atoms with Crippen molar-refractivity contribution in [3.63, 3.8) is 0 Å². The summed E-state index contributed by atoms with van der Waals surface area (Å²) in [4.78, 5) is 0. The van der Waals surface area contributed by atoms with Crippen LogP contribution in [0.1, 0.15) is 22.3 Å². The molecule has 2 nitrogen and oxygen atoms in total. The number of nitrogen functional groups attached to an aromatic ring is 2. The molecule has 0 heterocycles. The second kappa shape index (κ2) is 5.86. The van der Waals surface area contributed by atoms with E-state index in [1.165, 1.54) is 13.8 Å². The Balaban J connectivity index is 2.89. The van der Waals surface area contributed by atoms with Gasteiger partial charge in [-0.05, 0) is 49.2 Å². The predicted octanol–water partition coefficient (Wildman–Crippen LogP) is 4.88. The van der Waals surface area contributed by atoms with Gasteiger partial charge in [0.15, 0.2) is 0 Å². The first-order valence-electron chi connectivity index (χ1n) is 7.19. The fourth-order valence-corrected chi connectivity index (χ4v) is 2.83. The molecule has 25 heavy (non-hydrogen) atoms. The van der Waals surface area contributed by atoms with Gasteiger partial charge in [-0.1, -0.05) is 12.1 Å². The number of halogens is 6. The van der Waals surface area contributed by atoms with Gasteiger partial charge in [0.2, 0.25) is 5.67 Å². The monoisotopic (exact) mass is 362 g/mol. The van der Waals surface area contributed by atoms with Crippen molar-refractivity contribution >= 4 is 11.4 Å². The Morgan fingerprint density at radius 2 is 1.04 bits per heavy atom. The molecular weight excluding hydrogens is 346 g/mol. The lowest BCUT2D eigenvalue weighted by Crippen LogP contribution is -2.53. The molecule has 4 N–H and O–H groups in total. The second-order valence-electron chi connectivity index (χ2n) is 5.88. The average Bonchev–Trinajstić information content (AvgIpc) is 2.45. The third-order valence-electron chi connectivity index (χ3n) is 4.03. The molecule has 2 rings (SSSR count). The molecule has 0 aliphatic carbocycles. The first-order valence-corrected chi connectivity index (χ1v) is 7.19. The molecule has 2 aromatic carbocycles. The van der Waals surface area contributed by atoms with Gasteiger partial charge >= 0.3 is 12.1 Å². The smallest absolute Gasteiger partial charge is 0.399 e. The fourth-order valence-electron chi connectivity index (χ4n) is 2.83. The molecule has 0 unspecified atom stereocenters. The van der Waals surface area contributed by atoms with Crippen molar-refractivity contribution in [1.82, 2.24) is 0 Å². The quantitative estimate of drug-likeness (QED) is 0.604. The Kier molecular flexibility index (Phi) is 4.44. The van der Waals surface area contributed by atoms with Crippen molar-refractivity contribution in [1.29, 1.82) is 0 Å². The van der Waals surface area contributed by atoms with E-state index in [9.17, 15) is 22.0 Å². The lowest BCUT2D eigenvalue weighted by atomic mass is 9.78. The predicted molar refractivity (Wildman–Crippen MR) is 84.1 cm³/mol. The van der Waals surface area contributed by atoms with E-state index in [2.05, 4.69) is 0 Å². The maximum absolute atomic E-state index is 15.8. The van der Waals surface area contributed by atoms with Gasteiger partial charge in [0.25, 0.3) is 0 Å². The molecule has 0 saturated carbocycles. The summed E-state index contributed by atoms with van der Waals surface area (Å²) in [5.41, 5.74) is 5.25. The van der Waals surface area contributed by atoms with Crippen LogP contribution in [0.3, 0.4) is 0 Å². The third kappa shape index (κ3) is 2.89. The van der Waals surface area contributed by atoms with Crippen LogP contribution in [0.2, 0.25) is 0 Å². The van der Waals surface area contributed by atoms with Crippen LogP contribution in [-0.2, 0) is 5.67 Å². The van der Waals surface area contributed by atoms with Gasteiger partial charge in [-0.15, -0.1) is 0 Å². The number of rotatable bonds is 3. The lowest BCUT2D eigenvalue weighted by molar-refractivity contribution is -0.323. The maximum atomic E-state index is 15.8. The summed E-state index contributed by atoms with van der Waals surface area (Å²) >= 11 is 0. The Hall–Kier alpha value is -2.38. The van der Waals surface area contributed by atoms with E-state index in [0.29, 0.717) is 0 Å². The van der Waals surface area contributed by atoms with Crippen LogP contribution < -0.4 is 11.5 Å². The van der Waals surface area contributed by atoms with Gasteiger partial charge in [-0.2, -0.15) is 22.0 Å². The zero-order chi connectivity index (χ0) is 19.2. The molecule has 0 bridgehead atoms. The summed E-state index contributed by atoms with van der Waals surface area (Å²) in [5.74, 6) is -5.68. The molecule has 8 heteroatoms. The van der Waals surface area contributed by atoms with Crippen LogP contribution in [0.25, 0.3) is 0 Å². The second-order valence-corrected chi connectivity index (χ2v) is 5.88. The molecule has 136 valence electrons. The lowest BCUT2D eigenvalue weighted by Gasteiger charge is -2.37. The maximum Gasteiger partial charge on any atom is 0.457 e. The molecule has 0 spiro atoms. The summed E-state index contributed by atoms with van der Waals surface area (Å²) in [6.45, 7) is 2.44. The minimum absolute atomic E-state index is 0.118. The van der Waals surface area contributed by atoms with Crippen LogP contribution in [0, 0.1) is 13.8 Å². The summed E-state index contributed by atoms with van der Waals surface area (Å²) < 4.78 is 83.7. The Morgan fingerprint density at radius 3 is 1.32 bits per heavy atom. The number of alkyl halides is 6. The molecule has 0 atom stereocenters. The summed E-state index contributed by atoms with van der Waals surface area (Å²) in [6.07, 6.45) is -6.11. The van der Waals surface area contributed by atoms with Gasteiger partial charge < -0.3 is 11.5 Å². The Bertz CT molecular complexity index is 747. The van der Waals surface area contributed by atoms with Crippen molar-refractivity contribution in [2.24, 2.45) is 0 Å². The standard InChI is InChI=1S/C17H16F6N2/c1-9-7-11(24)3-5-13(9)15(18,16(19,20)17(21,22)23)14-6-4-12(25)8-10(14)2/h3-8H,24-25H2,1-2H3. The van der Waals surface area contributed by atoms with Crippen molar-refractivity contribution in [3.8, 4) is 0 Å². The highest BCUT2D eigenvalue weighted by atomic mass is 19.4. The Labute approximate surface area is 140 Å². The van der Waals surface area contributed by atoms with E-state index in [4.69, 9.17) is 11.5 Å².